The number of ether oxygens (including phenoxy) is 2. The van der Waals surface area contributed by atoms with Crippen molar-refractivity contribution in [1.29, 1.82) is 0 Å². The fourth-order valence-electron chi connectivity index (χ4n) is 3.94. The third-order valence-electron chi connectivity index (χ3n) is 6.08. The maximum Gasteiger partial charge on any atom is 0.327 e. The molecule has 0 spiro atoms. The average Bonchev–Trinajstić information content (AvgIpc) is 2.81. The van der Waals surface area contributed by atoms with Crippen molar-refractivity contribution in [3.05, 3.63) is 12.7 Å². The Bertz CT molecular complexity index is 646. The van der Waals surface area contributed by atoms with E-state index in [1.165, 1.54) is 96.0 Å². The molecule has 1 unspecified atom stereocenters. The fraction of sp³-hybridized carbons (Fsp3) is 0.852. The zero-order chi connectivity index (χ0) is 26.2. The molecule has 0 rings (SSSR count). The molecule has 0 saturated heterocycles. The maximum atomic E-state index is 12.0. The van der Waals surface area contributed by atoms with E-state index in [1.54, 1.807) is 0 Å². The van der Waals surface area contributed by atoms with Crippen LogP contribution in [0.2, 0.25) is 0 Å². The van der Waals surface area contributed by atoms with Crippen LogP contribution in [0.15, 0.2) is 12.7 Å². The summed E-state index contributed by atoms with van der Waals surface area (Å²) in [6, 6.07) is 0. The lowest BCUT2D eigenvalue weighted by Crippen LogP contribution is -2.34. The molecule has 0 aliphatic carbocycles. The van der Waals surface area contributed by atoms with Crippen LogP contribution in [-0.2, 0) is 29.2 Å². The second-order valence-corrected chi connectivity index (χ2v) is 11.0. The molecule has 1 N–H and O–H groups in total. The van der Waals surface area contributed by atoms with Crippen molar-refractivity contribution in [2.75, 3.05) is 13.2 Å². The summed E-state index contributed by atoms with van der Waals surface area (Å²) in [6.07, 6.45) is 23.0. The zero-order valence-corrected chi connectivity index (χ0v) is 22.8. The standard InChI is InChI=1S/C27H50O7S/c1-3-5-6-7-8-9-10-11-12-13-14-15-16-17-18-19-20-21-23-34-27(29)25(35(30,31)32)24-26(28)33-22-4-2/h4,25H,2-3,5-24H2,1H3,(H,30,31,32). The smallest absolute Gasteiger partial charge is 0.327 e. The Kier molecular flexibility index (Phi) is 22.1. The summed E-state index contributed by atoms with van der Waals surface area (Å²) < 4.78 is 41.7. The van der Waals surface area contributed by atoms with Crippen LogP contribution in [0.3, 0.4) is 0 Å². The monoisotopic (exact) mass is 518 g/mol. The van der Waals surface area contributed by atoms with Gasteiger partial charge in [-0.05, 0) is 6.42 Å². The molecule has 206 valence electrons. The molecule has 0 aromatic carbocycles. The van der Waals surface area contributed by atoms with E-state index < -0.39 is 33.7 Å². The molecule has 0 aromatic rings. The van der Waals surface area contributed by atoms with Crippen molar-refractivity contribution < 1.29 is 32.0 Å². The van der Waals surface area contributed by atoms with E-state index in [4.69, 9.17) is 4.74 Å². The normalized spacial score (nSPS) is 12.3. The van der Waals surface area contributed by atoms with Crippen LogP contribution in [-0.4, -0.2) is 43.4 Å². The van der Waals surface area contributed by atoms with Crippen LogP contribution in [0.1, 0.15) is 129 Å². The molecule has 0 fully saturated rings. The van der Waals surface area contributed by atoms with Crippen molar-refractivity contribution in [3.63, 3.8) is 0 Å². The predicted molar refractivity (Wildman–Crippen MR) is 141 cm³/mol. The van der Waals surface area contributed by atoms with Gasteiger partial charge < -0.3 is 9.47 Å². The van der Waals surface area contributed by atoms with Crippen LogP contribution >= 0.6 is 0 Å². The lowest BCUT2D eigenvalue weighted by atomic mass is 10.0. The van der Waals surface area contributed by atoms with Gasteiger partial charge in [0.15, 0.2) is 5.25 Å². The molecule has 0 radical (unpaired) electrons. The van der Waals surface area contributed by atoms with Gasteiger partial charge >= 0.3 is 11.9 Å². The van der Waals surface area contributed by atoms with E-state index in [1.807, 2.05) is 0 Å². The van der Waals surface area contributed by atoms with E-state index in [2.05, 4.69) is 18.2 Å². The highest BCUT2D eigenvalue weighted by Crippen LogP contribution is 2.15. The molecule has 0 saturated carbocycles. The Morgan fingerprint density at radius 3 is 1.51 bits per heavy atom. The van der Waals surface area contributed by atoms with Gasteiger partial charge in [0.05, 0.1) is 13.0 Å². The second kappa shape index (κ2) is 23.0. The van der Waals surface area contributed by atoms with Gasteiger partial charge in [-0.1, -0.05) is 129 Å². The number of hydrogen-bond donors (Lipinski definition) is 1. The van der Waals surface area contributed by atoms with Crippen molar-refractivity contribution in [2.24, 2.45) is 0 Å². The number of unbranched alkanes of at least 4 members (excludes halogenated alkanes) is 17. The first-order valence-electron chi connectivity index (χ1n) is 13.7. The van der Waals surface area contributed by atoms with Gasteiger partial charge in [-0.25, -0.2) is 0 Å². The summed E-state index contributed by atoms with van der Waals surface area (Å²) in [7, 11) is -4.76. The number of hydrogen-bond acceptors (Lipinski definition) is 6. The summed E-state index contributed by atoms with van der Waals surface area (Å²) in [5, 5.41) is -1.96. The van der Waals surface area contributed by atoms with E-state index in [0.29, 0.717) is 6.42 Å². The highest BCUT2D eigenvalue weighted by molar-refractivity contribution is 7.87. The SMILES string of the molecule is C=CCOC(=O)CC(C(=O)OCCCCCCCCCCCCCCCCCCCC)S(=O)(=O)O. The van der Waals surface area contributed by atoms with Crippen molar-refractivity contribution in [2.45, 2.75) is 134 Å². The van der Waals surface area contributed by atoms with Crippen molar-refractivity contribution in [1.82, 2.24) is 0 Å². The summed E-state index contributed by atoms with van der Waals surface area (Å²) in [5.41, 5.74) is 0. The zero-order valence-electron chi connectivity index (χ0n) is 22.0. The average molecular weight is 519 g/mol. The van der Waals surface area contributed by atoms with Crippen LogP contribution in [0, 0.1) is 0 Å². The molecular formula is C27H50O7S. The third kappa shape index (κ3) is 21.6. The molecule has 0 aliphatic heterocycles. The van der Waals surface area contributed by atoms with Gasteiger partial charge in [0, 0.05) is 0 Å². The first-order chi connectivity index (χ1) is 16.8. The van der Waals surface area contributed by atoms with Gasteiger partial charge in [-0.15, -0.1) is 0 Å². The van der Waals surface area contributed by atoms with Gasteiger partial charge in [0.2, 0.25) is 0 Å². The number of esters is 2. The minimum absolute atomic E-state index is 0.0608. The van der Waals surface area contributed by atoms with Gasteiger partial charge in [0.25, 0.3) is 10.1 Å². The topological polar surface area (TPSA) is 107 Å². The van der Waals surface area contributed by atoms with E-state index in [-0.39, 0.29) is 13.2 Å². The van der Waals surface area contributed by atoms with Crippen molar-refractivity contribution >= 4 is 22.1 Å². The van der Waals surface area contributed by atoms with Crippen LogP contribution in [0.25, 0.3) is 0 Å². The maximum absolute atomic E-state index is 12.0. The molecule has 8 heteroatoms. The quantitative estimate of drug-likeness (QED) is 0.0603. The highest BCUT2D eigenvalue weighted by atomic mass is 32.2. The first-order valence-corrected chi connectivity index (χ1v) is 15.2. The van der Waals surface area contributed by atoms with Gasteiger partial charge in [0.1, 0.15) is 6.61 Å². The molecule has 0 heterocycles. The van der Waals surface area contributed by atoms with Crippen molar-refractivity contribution in [3.8, 4) is 0 Å². The summed E-state index contributed by atoms with van der Waals surface area (Å²) in [5.74, 6) is -2.05. The van der Waals surface area contributed by atoms with Crippen LogP contribution in [0.4, 0.5) is 0 Å². The lowest BCUT2D eigenvalue weighted by molar-refractivity contribution is -0.149. The number of carbonyl (C=O) groups is 2. The molecule has 0 aromatic heterocycles. The number of rotatable bonds is 25. The lowest BCUT2D eigenvalue weighted by Gasteiger charge is -2.12. The highest BCUT2D eigenvalue weighted by Gasteiger charge is 2.35. The largest absolute Gasteiger partial charge is 0.465 e. The summed E-state index contributed by atoms with van der Waals surface area (Å²) >= 11 is 0. The Hall–Kier alpha value is -1.41. The van der Waals surface area contributed by atoms with E-state index >= 15 is 0 Å². The Morgan fingerprint density at radius 2 is 1.14 bits per heavy atom. The predicted octanol–water partition coefficient (Wildman–Crippen LogP) is 6.95. The first kappa shape index (κ1) is 33.6. The molecular weight excluding hydrogens is 468 g/mol. The molecule has 0 aliphatic rings. The minimum atomic E-state index is -4.76. The Balaban J connectivity index is 3.61. The Labute approximate surface area is 214 Å². The van der Waals surface area contributed by atoms with Gasteiger partial charge in [-0.2, -0.15) is 8.42 Å². The molecule has 0 bridgehead atoms. The second-order valence-electron chi connectivity index (χ2n) is 9.36. The molecule has 7 nitrogen and oxygen atoms in total. The van der Waals surface area contributed by atoms with E-state index in [9.17, 15) is 22.6 Å². The third-order valence-corrected chi connectivity index (χ3v) is 7.16. The minimum Gasteiger partial charge on any atom is -0.465 e. The summed E-state index contributed by atoms with van der Waals surface area (Å²) in [6.45, 7) is 5.58. The molecule has 35 heavy (non-hydrogen) atoms. The van der Waals surface area contributed by atoms with Crippen LogP contribution in [0.5, 0.6) is 0 Å². The molecule has 1 atom stereocenters. The van der Waals surface area contributed by atoms with Crippen LogP contribution < -0.4 is 0 Å². The molecule has 0 amide bonds. The Morgan fingerprint density at radius 1 is 0.743 bits per heavy atom. The van der Waals surface area contributed by atoms with Gasteiger partial charge in [-0.3, -0.25) is 14.1 Å². The van der Waals surface area contributed by atoms with E-state index in [0.717, 1.165) is 19.3 Å². The fourth-order valence-corrected chi connectivity index (χ4v) is 4.60. The number of carbonyl (C=O) groups excluding carboxylic acids is 2. The summed E-state index contributed by atoms with van der Waals surface area (Å²) in [4.78, 5) is 23.6.